The first-order valence-electron chi connectivity index (χ1n) is 7.46. The fraction of sp³-hybridized carbons (Fsp3) is 0.0556. The maximum atomic E-state index is 12.1. The van der Waals surface area contributed by atoms with Gasteiger partial charge in [0.1, 0.15) is 11.3 Å². The molecule has 0 radical (unpaired) electrons. The van der Waals surface area contributed by atoms with Gasteiger partial charge in [0.2, 0.25) is 5.91 Å². The molecule has 0 saturated carbocycles. The normalized spacial score (nSPS) is 10.8. The summed E-state index contributed by atoms with van der Waals surface area (Å²) in [7, 11) is 0. The number of carbonyl (C=O) groups is 2. The molecular weight excluding hydrogens is 338 g/mol. The van der Waals surface area contributed by atoms with Crippen LogP contribution in [0.3, 0.4) is 0 Å². The van der Waals surface area contributed by atoms with E-state index in [9.17, 15) is 9.59 Å². The molecule has 7 heteroatoms. The van der Waals surface area contributed by atoms with Crippen molar-refractivity contribution in [3.63, 3.8) is 0 Å². The van der Waals surface area contributed by atoms with Crippen LogP contribution in [0.2, 0.25) is 0 Å². The second kappa shape index (κ2) is 7.59. The largest absolute Gasteiger partial charge is 0.361 e. The van der Waals surface area contributed by atoms with E-state index in [2.05, 4.69) is 15.8 Å². The molecule has 0 unspecified atom stereocenters. The van der Waals surface area contributed by atoms with E-state index in [1.807, 2.05) is 16.8 Å². The molecule has 0 saturated heterocycles. The molecule has 126 valence electrons. The summed E-state index contributed by atoms with van der Waals surface area (Å²) >= 11 is 1.57. The van der Waals surface area contributed by atoms with Crippen LogP contribution in [0.1, 0.15) is 21.7 Å². The maximum Gasteiger partial charge on any atom is 0.260 e. The van der Waals surface area contributed by atoms with Crippen LogP contribution in [0, 0.1) is 6.92 Å². The van der Waals surface area contributed by atoms with Gasteiger partial charge in [-0.3, -0.25) is 9.59 Å². The lowest BCUT2D eigenvalue weighted by Crippen LogP contribution is -2.12. The Balaban J connectivity index is 1.57. The number of aromatic nitrogens is 1. The summed E-state index contributed by atoms with van der Waals surface area (Å²) in [6, 6.07) is 8.78. The lowest BCUT2D eigenvalue weighted by Gasteiger charge is -2.06. The molecule has 0 aliphatic rings. The Morgan fingerprint density at radius 2 is 1.84 bits per heavy atom. The number of benzene rings is 1. The fourth-order valence-corrected chi connectivity index (χ4v) is 2.71. The van der Waals surface area contributed by atoms with E-state index in [0.717, 1.165) is 5.56 Å². The van der Waals surface area contributed by atoms with Crippen LogP contribution in [0.15, 0.2) is 57.9 Å². The average Bonchev–Trinajstić information content (AvgIpc) is 3.26. The molecule has 0 aliphatic heterocycles. The van der Waals surface area contributed by atoms with Gasteiger partial charge in [-0.05, 0) is 59.7 Å². The fourth-order valence-electron chi connectivity index (χ4n) is 2.08. The van der Waals surface area contributed by atoms with Gasteiger partial charge in [-0.15, -0.1) is 0 Å². The van der Waals surface area contributed by atoms with Gasteiger partial charge in [-0.2, -0.15) is 11.3 Å². The van der Waals surface area contributed by atoms with Crippen molar-refractivity contribution in [1.82, 2.24) is 5.16 Å². The molecular formula is C18H15N3O3S. The Labute approximate surface area is 148 Å². The van der Waals surface area contributed by atoms with E-state index in [1.165, 1.54) is 12.3 Å². The van der Waals surface area contributed by atoms with Crippen LogP contribution in [-0.2, 0) is 4.79 Å². The third kappa shape index (κ3) is 4.42. The number of thiophene rings is 1. The summed E-state index contributed by atoms with van der Waals surface area (Å²) < 4.78 is 4.87. The first kappa shape index (κ1) is 16.7. The molecule has 0 fully saturated rings. The van der Waals surface area contributed by atoms with Crippen molar-refractivity contribution in [3.8, 4) is 0 Å². The smallest absolute Gasteiger partial charge is 0.260 e. The molecule has 6 nitrogen and oxygen atoms in total. The Bertz CT molecular complexity index is 896. The van der Waals surface area contributed by atoms with Crippen molar-refractivity contribution in [2.24, 2.45) is 0 Å². The molecule has 0 bridgehead atoms. The number of carbonyl (C=O) groups excluding carboxylic acids is 2. The minimum Gasteiger partial charge on any atom is -0.361 e. The van der Waals surface area contributed by atoms with E-state index in [4.69, 9.17) is 4.52 Å². The number of anilines is 2. The maximum absolute atomic E-state index is 12.1. The van der Waals surface area contributed by atoms with E-state index in [0.29, 0.717) is 22.7 Å². The topological polar surface area (TPSA) is 84.2 Å². The van der Waals surface area contributed by atoms with Gasteiger partial charge < -0.3 is 15.2 Å². The molecule has 0 atom stereocenters. The lowest BCUT2D eigenvalue weighted by molar-refractivity contribution is -0.111. The summed E-state index contributed by atoms with van der Waals surface area (Å²) in [6.45, 7) is 1.67. The Morgan fingerprint density at radius 3 is 2.44 bits per heavy atom. The first-order chi connectivity index (χ1) is 12.1. The van der Waals surface area contributed by atoms with Crippen molar-refractivity contribution in [1.29, 1.82) is 0 Å². The number of hydrogen-bond acceptors (Lipinski definition) is 5. The number of amides is 2. The number of aryl methyl sites for hydroxylation is 1. The zero-order valence-electron chi connectivity index (χ0n) is 13.4. The van der Waals surface area contributed by atoms with Gasteiger partial charge in [0.25, 0.3) is 5.91 Å². The van der Waals surface area contributed by atoms with Gasteiger partial charge in [0.05, 0.1) is 6.20 Å². The Hall–Kier alpha value is -3.19. The van der Waals surface area contributed by atoms with Crippen molar-refractivity contribution >= 4 is 40.6 Å². The molecule has 25 heavy (non-hydrogen) atoms. The number of rotatable bonds is 5. The quantitative estimate of drug-likeness (QED) is 0.680. The minimum absolute atomic E-state index is 0.219. The molecule has 0 aliphatic carbocycles. The highest BCUT2D eigenvalue weighted by molar-refractivity contribution is 7.08. The molecule has 1 aromatic carbocycles. The van der Waals surface area contributed by atoms with Gasteiger partial charge in [0.15, 0.2) is 0 Å². The zero-order valence-corrected chi connectivity index (χ0v) is 14.2. The van der Waals surface area contributed by atoms with Crippen LogP contribution >= 0.6 is 11.3 Å². The van der Waals surface area contributed by atoms with Crippen LogP contribution in [-0.4, -0.2) is 17.0 Å². The minimum atomic E-state index is -0.297. The Morgan fingerprint density at radius 1 is 1.12 bits per heavy atom. The van der Waals surface area contributed by atoms with E-state index in [-0.39, 0.29) is 11.8 Å². The van der Waals surface area contributed by atoms with Crippen molar-refractivity contribution in [3.05, 3.63) is 70.3 Å². The van der Waals surface area contributed by atoms with Crippen LogP contribution in [0.25, 0.3) is 6.08 Å². The molecule has 2 amide bonds. The number of nitrogens with zero attached hydrogens (tertiary/aromatic N) is 1. The molecule has 3 aromatic rings. The number of nitrogens with one attached hydrogen (secondary N) is 2. The van der Waals surface area contributed by atoms with E-state index in [1.54, 1.807) is 48.6 Å². The lowest BCUT2D eigenvalue weighted by atomic mass is 10.2. The van der Waals surface area contributed by atoms with Crippen molar-refractivity contribution in [2.75, 3.05) is 10.6 Å². The third-order valence-electron chi connectivity index (χ3n) is 3.38. The second-order valence-electron chi connectivity index (χ2n) is 5.21. The Kier molecular flexibility index (Phi) is 5.06. The highest BCUT2D eigenvalue weighted by atomic mass is 32.1. The van der Waals surface area contributed by atoms with E-state index < -0.39 is 0 Å². The van der Waals surface area contributed by atoms with Crippen molar-refractivity contribution in [2.45, 2.75) is 6.92 Å². The summed E-state index contributed by atoms with van der Waals surface area (Å²) in [4.78, 5) is 23.9. The van der Waals surface area contributed by atoms with E-state index >= 15 is 0 Å². The monoisotopic (exact) mass is 353 g/mol. The predicted molar refractivity (Wildman–Crippen MR) is 97.6 cm³/mol. The highest BCUT2D eigenvalue weighted by Crippen LogP contribution is 2.16. The SMILES string of the molecule is Cc1oncc1C(=O)Nc1ccc(NC(=O)C=Cc2ccsc2)cc1. The summed E-state index contributed by atoms with van der Waals surface area (Å²) in [6.07, 6.45) is 4.60. The number of hydrogen-bond donors (Lipinski definition) is 2. The standard InChI is InChI=1S/C18H15N3O3S/c1-12-16(10-19-24-12)18(23)21-15-5-3-14(4-6-15)20-17(22)7-2-13-8-9-25-11-13/h2-11H,1H3,(H,20,22)(H,21,23). The second-order valence-corrected chi connectivity index (χ2v) is 5.99. The summed E-state index contributed by atoms with van der Waals surface area (Å²) in [5.41, 5.74) is 2.62. The summed E-state index contributed by atoms with van der Waals surface area (Å²) in [5, 5.41) is 13.0. The van der Waals surface area contributed by atoms with Gasteiger partial charge in [-0.25, -0.2) is 0 Å². The molecule has 2 heterocycles. The molecule has 2 aromatic heterocycles. The van der Waals surface area contributed by atoms with Crippen molar-refractivity contribution < 1.29 is 14.1 Å². The van der Waals surface area contributed by atoms with Gasteiger partial charge >= 0.3 is 0 Å². The predicted octanol–water partition coefficient (Wildman–Crippen LogP) is 3.95. The van der Waals surface area contributed by atoms with Crippen LogP contribution < -0.4 is 10.6 Å². The molecule has 2 N–H and O–H groups in total. The van der Waals surface area contributed by atoms with Crippen LogP contribution in [0.4, 0.5) is 11.4 Å². The third-order valence-corrected chi connectivity index (χ3v) is 4.08. The van der Waals surface area contributed by atoms with Gasteiger partial charge in [0, 0.05) is 17.5 Å². The zero-order chi connectivity index (χ0) is 17.6. The van der Waals surface area contributed by atoms with Gasteiger partial charge in [-0.1, -0.05) is 5.16 Å². The van der Waals surface area contributed by atoms with Crippen LogP contribution in [0.5, 0.6) is 0 Å². The summed E-state index contributed by atoms with van der Waals surface area (Å²) in [5.74, 6) is -0.0592. The highest BCUT2D eigenvalue weighted by Gasteiger charge is 2.12. The molecule has 0 spiro atoms. The average molecular weight is 353 g/mol. The molecule has 3 rings (SSSR count). The first-order valence-corrected chi connectivity index (χ1v) is 8.40.